The van der Waals surface area contributed by atoms with Crippen molar-refractivity contribution >= 4 is 59.8 Å². The SMILES string of the molecule is Cc1ccc(Nc2nc(Nc3ccc4c(c3)CC[C@H](N(CS)CCCC#N)CC4)ncc2Cl)c(P(C)(C)=O)c1. The Hall–Kier alpha value is -2.56. The average Bonchev–Trinajstić information content (AvgIpc) is 3.11. The molecule has 0 radical (unpaired) electrons. The number of anilines is 4. The molecule has 1 heterocycles. The van der Waals surface area contributed by atoms with Crippen LogP contribution in [0.15, 0.2) is 42.6 Å². The first-order chi connectivity index (χ1) is 18.7. The lowest BCUT2D eigenvalue weighted by molar-refractivity contribution is 0.211. The van der Waals surface area contributed by atoms with Crippen LogP contribution in [0.3, 0.4) is 0 Å². The Kier molecular flexibility index (Phi) is 9.96. The number of fused-ring (bicyclic) bond motifs is 1. The van der Waals surface area contributed by atoms with E-state index >= 15 is 0 Å². The first-order valence-electron chi connectivity index (χ1n) is 13.2. The highest BCUT2D eigenvalue weighted by molar-refractivity contribution is 7.80. The summed E-state index contributed by atoms with van der Waals surface area (Å²) >= 11 is 11.0. The van der Waals surface area contributed by atoms with E-state index in [0.29, 0.717) is 35.1 Å². The van der Waals surface area contributed by atoms with Crippen LogP contribution in [-0.4, -0.2) is 46.7 Å². The summed E-state index contributed by atoms with van der Waals surface area (Å²) in [4.78, 5) is 11.4. The van der Waals surface area contributed by atoms with Gasteiger partial charge in [0, 0.05) is 35.9 Å². The van der Waals surface area contributed by atoms with Crippen LogP contribution < -0.4 is 15.9 Å². The highest BCUT2D eigenvalue weighted by atomic mass is 35.5. The Bertz CT molecular complexity index is 1410. The number of aryl methyl sites for hydroxylation is 3. The average molecular weight is 583 g/mol. The van der Waals surface area contributed by atoms with Crippen molar-refractivity contribution in [1.29, 1.82) is 5.26 Å². The van der Waals surface area contributed by atoms with Crippen LogP contribution >= 0.6 is 31.4 Å². The van der Waals surface area contributed by atoms with Crippen molar-refractivity contribution in [2.75, 3.05) is 36.4 Å². The smallest absolute Gasteiger partial charge is 0.229 e. The monoisotopic (exact) mass is 582 g/mol. The Morgan fingerprint density at radius 1 is 1.15 bits per heavy atom. The molecule has 0 amide bonds. The Balaban J connectivity index is 1.48. The van der Waals surface area contributed by atoms with Gasteiger partial charge in [-0.15, -0.1) is 0 Å². The summed E-state index contributed by atoms with van der Waals surface area (Å²) in [5.41, 5.74) is 5.39. The number of thiol groups is 1. The number of nitriles is 1. The predicted octanol–water partition coefficient (Wildman–Crippen LogP) is 6.91. The molecule has 3 aromatic rings. The number of halogens is 1. The first-order valence-corrected chi connectivity index (χ1v) is 16.9. The third kappa shape index (κ3) is 7.77. The number of nitrogens with one attached hydrogen (secondary N) is 2. The van der Waals surface area contributed by atoms with Crippen LogP contribution in [0.2, 0.25) is 5.02 Å². The van der Waals surface area contributed by atoms with Crippen molar-refractivity contribution in [3.63, 3.8) is 0 Å². The third-order valence-electron chi connectivity index (χ3n) is 7.12. The van der Waals surface area contributed by atoms with Crippen LogP contribution in [-0.2, 0) is 17.4 Å². The van der Waals surface area contributed by atoms with Gasteiger partial charge in [0.05, 0.1) is 18.0 Å². The minimum absolute atomic E-state index is 0.380. The number of nitrogens with zero attached hydrogens (tertiary/aromatic N) is 4. The number of rotatable bonds is 10. The zero-order chi connectivity index (χ0) is 28.0. The van der Waals surface area contributed by atoms with Gasteiger partial charge in [-0.05, 0) is 87.7 Å². The van der Waals surface area contributed by atoms with Gasteiger partial charge in [-0.1, -0.05) is 29.3 Å². The number of benzene rings is 2. The van der Waals surface area contributed by atoms with Gasteiger partial charge in [-0.3, -0.25) is 4.90 Å². The lowest BCUT2D eigenvalue weighted by Gasteiger charge is -2.29. The largest absolute Gasteiger partial charge is 0.338 e. The van der Waals surface area contributed by atoms with Crippen LogP contribution in [0.25, 0.3) is 0 Å². The van der Waals surface area contributed by atoms with E-state index in [4.69, 9.17) is 16.9 Å². The topological polar surface area (TPSA) is 93.9 Å². The molecule has 2 N–H and O–H groups in total. The molecule has 1 aromatic heterocycles. The second-order valence-corrected chi connectivity index (χ2v) is 14.3. The number of aromatic nitrogens is 2. The summed E-state index contributed by atoms with van der Waals surface area (Å²) in [7, 11) is -2.52. The van der Waals surface area contributed by atoms with Crippen LogP contribution in [0.4, 0.5) is 23.1 Å². The maximum atomic E-state index is 12.9. The van der Waals surface area contributed by atoms with E-state index in [9.17, 15) is 4.57 Å². The minimum atomic E-state index is -2.52. The van der Waals surface area contributed by atoms with Crippen molar-refractivity contribution in [3.05, 3.63) is 64.3 Å². The molecule has 0 saturated heterocycles. The second kappa shape index (κ2) is 13.2. The molecule has 39 heavy (non-hydrogen) atoms. The van der Waals surface area contributed by atoms with Crippen molar-refractivity contribution in [3.8, 4) is 6.07 Å². The molecule has 1 aliphatic carbocycles. The molecule has 0 bridgehead atoms. The van der Waals surface area contributed by atoms with Crippen molar-refractivity contribution < 1.29 is 4.57 Å². The Morgan fingerprint density at radius 3 is 2.64 bits per heavy atom. The molecule has 4 rings (SSSR count). The Labute approximate surface area is 242 Å². The second-order valence-electron chi connectivity index (χ2n) is 10.4. The van der Waals surface area contributed by atoms with E-state index in [2.05, 4.69) is 62.4 Å². The predicted molar refractivity (Wildman–Crippen MR) is 166 cm³/mol. The molecule has 0 saturated carbocycles. The molecule has 7 nitrogen and oxygen atoms in total. The molecule has 2 aromatic carbocycles. The van der Waals surface area contributed by atoms with Crippen LogP contribution in [0.1, 0.15) is 42.4 Å². The maximum Gasteiger partial charge on any atom is 0.229 e. The molecule has 0 unspecified atom stereocenters. The van der Waals surface area contributed by atoms with E-state index in [1.165, 1.54) is 11.1 Å². The summed E-state index contributed by atoms with van der Waals surface area (Å²) < 4.78 is 12.9. The van der Waals surface area contributed by atoms with Gasteiger partial charge < -0.3 is 15.2 Å². The number of unbranched alkanes of at least 4 members (excludes halogenated alkanes) is 1. The van der Waals surface area contributed by atoms with Gasteiger partial charge in [0.2, 0.25) is 5.95 Å². The lowest BCUT2D eigenvalue weighted by atomic mass is 10.0. The van der Waals surface area contributed by atoms with Gasteiger partial charge in [-0.25, -0.2) is 4.98 Å². The van der Waals surface area contributed by atoms with Gasteiger partial charge in [-0.2, -0.15) is 22.9 Å². The standard InChI is InChI=1S/C29H36ClN6OPS/c1-20-6-13-26(27(16-20)38(2,3)37)34-28-25(30)18-32-29(35-28)33-23-10-7-21-8-11-24(12-9-22(21)17-23)36(19-39)15-5-4-14-31/h6-7,10,13,16-18,24,39H,4-5,8-9,11-12,15,19H2,1-3H3,(H2,32,33,34,35)/t24-/m1/s1. The quantitative estimate of drug-likeness (QED) is 0.0785. The van der Waals surface area contributed by atoms with E-state index in [1.807, 2.05) is 25.1 Å². The number of hydrogen-bond acceptors (Lipinski definition) is 8. The normalized spacial score (nSPS) is 15.4. The van der Waals surface area contributed by atoms with Crippen LogP contribution in [0.5, 0.6) is 0 Å². The molecule has 206 valence electrons. The van der Waals surface area contributed by atoms with Gasteiger partial charge in [0.15, 0.2) is 5.82 Å². The summed E-state index contributed by atoms with van der Waals surface area (Å²) in [6.07, 6.45) is 7.19. The first kappa shape index (κ1) is 29.4. The van der Waals surface area contributed by atoms with Crippen LogP contribution in [0, 0.1) is 18.3 Å². The van der Waals surface area contributed by atoms with Gasteiger partial charge in [0.1, 0.15) is 12.2 Å². The summed E-state index contributed by atoms with van der Waals surface area (Å²) in [5.74, 6) is 1.59. The van der Waals surface area contributed by atoms with E-state index in [1.54, 1.807) is 19.5 Å². The molecule has 0 spiro atoms. The Morgan fingerprint density at radius 2 is 1.92 bits per heavy atom. The zero-order valence-electron chi connectivity index (χ0n) is 22.7. The summed E-state index contributed by atoms with van der Waals surface area (Å²) in [6, 6.07) is 15.0. The highest BCUT2D eigenvalue weighted by Crippen LogP contribution is 2.39. The van der Waals surface area contributed by atoms with E-state index < -0.39 is 7.14 Å². The lowest BCUT2D eigenvalue weighted by Crippen LogP contribution is -2.35. The summed E-state index contributed by atoms with van der Waals surface area (Å²) in [5, 5.41) is 16.6. The fourth-order valence-electron chi connectivity index (χ4n) is 5.03. The molecular formula is C29H36ClN6OPS. The van der Waals surface area contributed by atoms with Crippen molar-refractivity contribution in [1.82, 2.24) is 14.9 Å². The maximum absolute atomic E-state index is 12.9. The highest BCUT2D eigenvalue weighted by Gasteiger charge is 2.22. The third-order valence-corrected chi connectivity index (χ3v) is 9.29. The molecular weight excluding hydrogens is 547 g/mol. The minimum Gasteiger partial charge on any atom is -0.338 e. The molecule has 1 atom stereocenters. The van der Waals surface area contributed by atoms with Gasteiger partial charge >= 0.3 is 0 Å². The van der Waals surface area contributed by atoms with Crippen molar-refractivity contribution in [2.45, 2.75) is 51.5 Å². The fraction of sp³-hybridized carbons (Fsp3) is 0.414. The number of hydrogen-bond donors (Lipinski definition) is 3. The molecule has 0 fully saturated rings. The van der Waals surface area contributed by atoms with Gasteiger partial charge in [0.25, 0.3) is 0 Å². The van der Waals surface area contributed by atoms with Crippen molar-refractivity contribution in [2.24, 2.45) is 0 Å². The molecule has 1 aliphatic rings. The summed E-state index contributed by atoms with van der Waals surface area (Å²) in [6.45, 7) is 6.41. The fourth-order valence-corrected chi connectivity index (χ4v) is 6.76. The molecule has 10 heteroatoms. The van der Waals surface area contributed by atoms with E-state index in [0.717, 1.165) is 60.9 Å². The molecule has 0 aliphatic heterocycles. The zero-order valence-corrected chi connectivity index (χ0v) is 25.3. The van der Waals surface area contributed by atoms with E-state index in [-0.39, 0.29) is 0 Å².